The van der Waals surface area contributed by atoms with Crippen LogP contribution in [0.25, 0.3) is 0 Å². The fourth-order valence-corrected chi connectivity index (χ4v) is 1.94. The van der Waals surface area contributed by atoms with Crippen LogP contribution in [0.5, 0.6) is 0 Å². The summed E-state index contributed by atoms with van der Waals surface area (Å²) in [4.78, 5) is 13.0. The number of carboxylic acid groups (broad SMARTS) is 1. The predicted octanol–water partition coefficient (Wildman–Crippen LogP) is 3.51. The van der Waals surface area contributed by atoms with Crippen LogP contribution in [-0.2, 0) is 4.79 Å². The Hall–Kier alpha value is -1.97. The molecule has 1 aliphatic heterocycles. The quantitative estimate of drug-likeness (QED) is 0.597. The van der Waals surface area contributed by atoms with Gasteiger partial charge in [-0.3, -0.25) is 4.79 Å². The normalized spacial score (nSPS) is 17.1. The average Bonchev–Trinajstić information content (AvgIpc) is 2.46. The number of aliphatic hydroxyl groups is 1. The van der Waals surface area contributed by atoms with Crippen LogP contribution in [0.15, 0.2) is 48.9 Å². The molecule has 0 aromatic carbocycles. The molecule has 1 rings (SSSR count). The molecule has 2 N–H and O–H groups in total. The molecule has 4 nitrogen and oxygen atoms in total. The number of carboxylic acids is 1. The lowest BCUT2D eigenvalue weighted by molar-refractivity contribution is -0.138. The van der Waals surface area contributed by atoms with Gasteiger partial charge in [0.25, 0.3) is 0 Å². The zero-order chi connectivity index (χ0) is 15.4. The maximum Gasteiger partial charge on any atom is 0.305 e. The average molecular weight is 279 g/mol. The molecule has 0 fully saturated rings. The Morgan fingerprint density at radius 2 is 2.00 bits per heavy atom. The summed E-state index contributed by atoms with van der Waals surface area (Å²) in [6.45, 7) is 6.55. The van der Waals surface area contributed by atoms with Crippen LogP contribution in [0.4, 0.5) is 0 Å². The minimum atomic E-state index is -0.746. The number of nitrogens with zero attached hydrogens (tertiary/aromatic N) is 1. The van der Waals surface area contributed by atoms with Gasteiger partial charge in [0.15, 0.2) is 0 Å². The minimum Gasteiger partial charge on any atom is -0.516 e. The Morgan fingerprint density at radius 1 is 1.35 bits per heavy atom. The zero-order valence-corrected chi connectivity index (χ0v) is 12.4. The van der Waals surface area contributed by atoms with Gasteiger partial charge in [-0.2, -0.15) is 0 Å². The Kier molecular flexibility index (Phi) is 9.83. The minimum absolute atomic E-state index is 0.0231. The van der Waals surface area contributed by atoms with E-state index in [-0.39, 0.29) is 18.4 Å². The highest BCUT2D eigenvalue weighted by molar-refractivity contribution is 5.67. The van der Waals surface area contributed by atoms with E-state index in [4.69, 9.17) is 10.2 Å². The first-order valence-electron chi connectivity index (χ1n) is 6.75. The predicted molar refractivity (Wildman–Crippen MR) is 82.4 cm³/mol. The van der Waals surface area contributed by atoms with E-state index in [2.05, 4.69) is 17.9 Å². The molecule has 0 aliphatic carbocycles. The highest BCUT2D eigenvalue weighted by Crippen LogP contribution is 2.18. The van der Waals surface area contributed by atoms with Crippen molar-refractivity contribution in [2.45, 2.75) is 33.2 Å². The molecule has 2 atom stereocenters. The number of carbonyl (C=O) groups is 1. The molecule has 1 heterocycles. The van der Waals surface area contributed by atoms with Crippen LogP contribution in [-0.4, -0.2) is 33.7 Å². The molecule has 0 saturated heterocycles. The van der Waals surface area contributed by atoms with Gasteiger partial charge in [-0.05, 0) is 32.0 Å². The summed E-state index contributed by atoms with van der Waals surface area (Å²) in [7, 11) is 0. The van der Waals surface area contributed by atoms with Crippen molar-refractivity contribution < 1.29 is 15.0 Å². The molecule has 2 unspecified atom stereocenters. The summed E-state index contributed by atoms with van der Waals surface area (Å²) in [5.41, 5.74) is 0. The Balaban J connectivity index is 0.000000796. The number of hydrogen-bond acceptors (Lipinski definition) is 3. The monoisotopic (exact) mass is 279 g/mol. The number of rotatable bonds is 5. The van der Waals surface area contributed by atoms with Gasteiger partial charge in [-0.15, -0.1) is 0 Å². The SMILES string of the molecule is C/C=C/O.C/C=C\C(C)C(CC(=O)O)N1C=CC=CC1. The molecule has 20 heavy (non-hydrogen) atoms. The topological polar surface area (TPSA) is 60.8 Å². The second-order valence-corrected chi connectivity index (χ2v) is 4.50. The summed E-state index contributed by atoms with van der Waals surface area (Å²) < 4.78 is 0. The molecule has 0 bridgehead atoms. The molecule has 0 spiro atoms. The summed E-state index contributed by atoms with van der Waals surface area (Å²) >= 11 is 0. The van der Waals surface area contributed by atoms with Crippen molar-refractivity contribution in [3.05, 3.63) is 48.9 Å². The maximum absolute atomic E-state index is 10.9. The van der Waals surface area contributed by atoms with Crippen LogP contribution in [0.2, 0.25) is 0 Å². The second kappa shape index (κ2) is 10.9. The number of allylic oxidation sites excluding steroid dienone is 4. The zero-order valence-electron chi connectivity index (χ0n) is 12.4. The summed E-state index contributed by atoms with van der Waals surface area (Å²) in [5, 5.41) is 16.6. The molecule has 0 radical (unpaired) electrons. The molecular formula is C16H25NO3. The van der Waals surface area contributed by atoms with E-state index in [0.717, 1.165) is 12.8 Å². The van der Waals surface area contributed by atoms with E-state index >= 15 is 0 Å². The number of aliphatic carboxylic acids is 1. The van der Waals surface area contributed by atoms with Gasteiger partial charge in [0.2, 0.25) is 0 Å². The van der Waals surface area contributed by atoms with Gasteiger partial charge in [0.1, 0.15) is 0 Å². The van der Waals surface area contributed by atoms with Crippen molar-refractivity contribution in [1.82, 2.24) is 4.90 Å². The van der Waals surface area contributed by atoms with Crippen molar-refractivity contribution in [2.75, 3.05) is 6.54 Å². The maximum atomic E-state index is 10.9. The standard InChI is InChI=1S/C13H19NO2.C3H6O/c1-3-7-11(2)12(10-13(15)16)14-8-5-4-6-9-14;1-2-3-4/h3-8,11-12H,9-10H2,1-2H3,(H,15,16);2-4H,1H3/b7-3-;3-2+. The fourth-order valence-electron chi connectivity index (χ4n) is 1.94. The van der Waals surface area contributed by atoms with Crippen LogP contribution < -0.4 is 0 Å². The van der Waals surface area contributed by atoms with E-state index in [1.807, 2.05) is 37.4 Å². The smallest absolute Gasteiger partial charge is 0.305 e. The lowest BCUT2D eigenvalue weighted by Gasteiger charge is -2.33. The van der Waals surface area contributed by atoms with Crippen LogP contribution in [0.1, 0.15) is 27.2 Å². The third kappa shape index (κ3) is 7.46. The first-order chi connectivity index (χ1) is 9.56. The lowest BCUT2D eigenvalue weighted by Crippen LogP contribution is -2.38. The van der Waals surface area contributed by atoms with Crippen LogP contribution >= 0.6 is 0 Å². The van der Waals surface area contributed by atoms with Crippen molar-refractivity contribution in [3.63, 3.8) is 0 Å². The van der Waals surface area contributed by atoms with Gasteiger partial charge in [0, 0.05) is 12.6 Å². The van der Waals surface area contributed by atoms with Crippen LogP contribution in [0.3, 0.4) is 0 Å². The van der Waals surface area contributed by atoms with Crippen LogP contribution in [0, 0.1) is 5.92 Å². The Bertz CT molecular complexity index is 379. The molecule has 1 aliphatic rings. The van der Waals surface area contributed by atoms with Crippen molar-refractivity contribution in [3.8, 4) is 0 Å². The highest BCUT2D eigenvalue weighted by Gasteiger charge is 2.23. The largest absolute Gasteiger partial charge is 0.516 e. The molecule has 0 amide bonds. The van der Waals surface area contributed by atoms with E-state index in [9.17, 15) is 4.79 Å². The van der Waals surface area contributed by atoms with Gasteiger partial charge in [0.05, 0.1) is 12.7 Å². The van der Waals surface area contributed by atoms with Crippen molar-refractivity contribution >= 4 is 5.97 Å². The summed E-state index contributed by atoms with van der Waals surface area (Å²) in [6, 6.07) is 0.0231. The molecular weight excluding hydrogens is 254 g/mol. The van der Waals surface area contributed by atoms with Crippen molar-refractivity contribution in [2.24, 2.45) is 5.92 Å². The molecule has 0 aromatic rings. The second-order valence-electron chi connectivity index (χ2n) is 4.50. The van der Waals surface area contributed by atoms with E-state index < -0.39 is 5.97 Å². The van der Waals surface area contributed by atoms with Gasteiger partial charge in [-0.1, -0.05) is 37.3 Å². The molecule has 0 saturated carbocycles. The van der Waals surface area contributed by atoms with E-state index in [1.165, 1.54) is 0 Å². The van der Waals surface area contributed by atoms with E-state index in [0.29, 0.717) is 0 Å². The van der Waals surface area contributed by atoms with Gasteiger partial charge >= 0.3 is 5.97 Å². The fraction of sp³-hybridized carbons (Fsp3) is 0.438. The number of hydrogen-bond donors (Lipinski definition) is 2. The van der Waals surface area contributed by atoms with Gasteiger partial charge in [-0.25, -0.2) is 0 Å². The Morgan fingerprint density at radius 3 is 2.40 bits per heavy atom. The van der Waals surface area contributed by atoms with E-state index in [1.54, 1.807) is 13.0 Å². The first-order valence-corrected chi connectivity index (χ1v) is 6.75. The highest BCUT2D eigenvalue weighted by atomic mass is 16.4. The lowest BCUT2D eigenvalue weighted by atomic mass is 9.96. The Labute approximate surface area is 121 Å². The summed E-state index contributed by atoms with van der Waals surface area (Å²) in [5.74, 6) is -0.512. The first kappa shape index (κ1) is 18.0. The molecule has 0 aromatic heterocycles. The number of aliphatic hydroxyl groups excluding tert-OH is 1. The third-order valence-corrected chi connectivity index (χ3v) is 2.90. The molecule has 112 valence electrons. The summed E-state index contributed by atoms with van der Waals surface area (Å²) in [6.07, 6.45) is 14.7. The van der Waals surface area contributed by atoms with Crippen molar-refractivity contribution in [1.29, 1.82) is 0 Å². The molecule has 4 heteroatoms. The third-order valence-electron chi connectivity index (χ3n) is 2.90. The van der Waals surface area contributed by atoms with Gasteiger partial charge < -0.3 is 15.1 Å².